The predicted octanol–water partition coefficient (Wildman–Crippen LogP) is 3.89. The second-order valence-corrected chi connectivity index (χ2v) is 6.07. The number of nitrogens with one attached hydrogen (secondary N) is 1. The van der Waals surface area contributed by atoms with E-state index in [1.54, 1.807) is 18.2 Å². The number of phenolic OH excluding ortho intramolecular Hbond substituents is 1. The largest absolute Gasteiger partial charge is 0.508 e. The van der Waals surface area contributed by atoms with Crippen LogP contribution in [0.1, 0.15) is 15.9 Å². The van der Waals surface area contributed by atoms with Crippen LogP contribution in [0.25, 0.3) is 0 Å². The highest BCUT2D eigenvalue weighted by Crippen LogP contribution is 2.21. The lowest BCUT2D eigenvalue weighted by atomic mass is 10.1. The van der Waals surface area contributed by atoms with Gasteiger partial charge in [-0.2, -0.15) is 0 Å². The molecule has 0 bridgehead atoms. The van der Waals surface area contributed by atoms with Crippen LogP contribution in [0.4, 0.5) is 0 Å². The van der Waals surface area contributed by atoms with Crippen LogP contribution in [-0.2, 0) is 6.42 Å². The quantitative estimate of drug-likeness (QED) is 0.820. The first kappa shape index (κ1) is 15.1. The van der Waals surface area contributed by atoms with E-state index < -0.39 is 0 Å². The van der Waals surface area contributed by atoms with Gasteiger partial charge in [0.1, 0.15) is 5.75 Å². The maximum Gasteiger partial charge on any atom is 0.252 e. The van der Waals surface area contributed by atoms with Gasteiger partial charge in [0.2, 0.25) is 0 Å². The number of carbonyl (C=O) groups excluding carboxylic acids is 1. The second-order valence-electron chi connectivity index (χ2n) is 4.30. The van der Waals surface area contributed by atoms with Crippen LogP contribution in [-0.4, -0.2) is 17.6 Å². The summed E-state index contributed by atoms with van der Waals surface area (Å²) < 4.78 is 1.63. The molecule has 0 aliphatic rings. The molecule has 104 valence electrons. The first-order chi connectivity index (χ1) is 9.56. The monoisotopic (exact) mass is 397 g/mol. The van der Waals surface area contributed by atoms with E-state index in [0.29, 0.717) is 12.1 Å². The molecule has 0 fully saturated rings. The van der Waals surface area contributed by atoms with Gasteiger partial charge in [0.05, 0.1) is 5.56 Å². The maximum absolute atomic E-state index is 12.1. The summed E-state index contributed by atoms with van der Waals surface area (Å²) in [4.78, 5) is 12.1. The Bertz CT molecular complexity index is 612. The summed E-state index contributed by atoms with van der Waals surface area (Å²) in [6.45, 7) is 0.544. The molecule has 0 heterocycles. The number of hydrogen-bond acceptors (Lipinski definition) is 2. The van der Waals surface area contributed by atoms with Gasteiger partial charge >= 0.3 is 0 Å². The average molecular weight is 399 g/mol. The van der Waals surface area contributed by atoms with Crippen LogP contribution in [0, 0.1) is 0 Å². The average Bonchev–Trinajstić information content (AvgIpc) is 2.43. The lowest BCUT2D eigenvalue weighted by Crippen LogP contribution is -2.26. The summed E-state index contributed by atoms with van der Waals surface area (Å²) in [6.07, 6.45) is 0.720. The van der Waals surface area contributed by atoms with E-state index in [9.17, 15) is 9.90 Å². The molecule has 0 aliphatic heterocycles. The topological polar surface area (TPSA) is 49.3 Å². The van der Waals surface area contributed by atoms with Gasteiger partial charge in [-0.25, -0.2) is 0 Å². The predicted molar refractivity (Wildman–Crippen MR) is 86.0 cm³/mol. The molecule has 0 aromatic heterocycles. The van der Waals surface area contributed by atoms with Crippen molar-refractivity contribution in [3.63, 3.8) is 0 Å². The van der Waals surface area contributed by atoms with Crippen molar-refractivity contribution in [3.05, 3.63) is 62.5 Å². The minimum atomic E-state index is -0.114. The molecule has 0 saturated carbocycles. The van der Waals surface area contributed by atoms with Crippen molar-refractivity contribution in [1.29, 1.82) is 0 Å². The van der Waals surface area contributed by atoms with Crippen LogP contribution in [0.2, 0.25) is 0 Å². The summed E-state index contributed by atoms with van der Waals surface area (Å²) in [7, 11) is 0. The highest BCUT2D eigenvalue weighted by molar-refractivity contribution is 9.11. The maximum atomic E-state index is 12.1. The molecule has 2 N–H and O–H groups in total. The van der Waals surface area contributed by atoms with Crippen LogP contribution in [0.15, 0.2) is 51.4 Å². The number of rotatable bonds is 4. The fraction of sp³-hybridized carbons (Fsp3) is 0.133. The third kappa shape index (κ3) is 4.08. The summed E-state index contributed by atoms with van der Waals surface area (Å²) in [5.74, 6) is 0.132. The Balaban J connectivity index is 1.92. The van der Waals surface area contributed by atoms with Crippen molar-refractivity contribution in [1.82, 2.24) is 5.32 Å². The van der Waals surface area contributed by atoms with Crippen LogP contribution in [0.5, 0.6) is 5.75 Å². The smallest absolute Gasteiger partial charge is 0.252 e. The number of amides is 1. The first-order valence-electron chi connectivity index (χ1n) is 6.07. The summed E-state index contributed by atoms with van der Waals surface area (Å²) in [5.41, 5.74) is 1.67. The number of hydrogen-bond donors (Lipinski definition) is 2. The standard InChI is InChI=1S/C15H13Br2NO2/c16-11-3-6-14(17)13(9-11)15(20)18-8-7-10-1-4-12(19)5-2-10/h1-6,9,19H,7-8H2,(H,18,20). The number of phenols is 1. The molecule has 0 aliphatic carbocycles. The molecular formula is C15H13Br2NO2. The van der Waals surface area contributed by atoms with Gasteiger partial charge in [-0.1, -0.05) is 28.1 Å². The lowest BCUT2D eigenvalue weighted by Gasteiger charge is -2.07. The van der Waals surface area contributed by atoms with Crippen molar-refractivity contribution in [2.24, 2.45) is 0 Å². The molecule has 2 aromatic rings. The Hall–Kier alpha value is -1.33. The van der Waals surface area contributed by atoms with Gasteiger partial charge in [0.15, 0.2) is 0 Å². The van der Waals surface area contributed by atoms with E-state index in [2.05, 4.69) is 37.2 Å². The second kappa shape index (κ2) is 6.90. The number of benzene rings is 2. The number of aromatic hydroxyl groups is 1. The Morgan fingerprint density at radius 3 is 2.50 bits per heavy atom. The Labute approximate surface area is 134 Å². The number of halogens is 2. The van der Waals surface area contributed by atoms with E-state index in [1.807, 2.05) is 24.3 Å². The molecular weight excluding hydrogens is 386 g/mol. The van der Waals surface area contributed by atoms with Crippen LogP contribution >= 0.6 is 31.9 Å². The van der Waals surface area contributed by atoms with E-state index >= 15 is 0 Å². The van der Waals surface area contributed by atoms with Crippen molar-refractivity contribution in [2.75, 3.05) is 6.54 Å². The third-order valence-electron chi connectivity index (χ3n) is 2.81. The van der Waals surface area contributed by atoms with Gasteiger partial charge in [-0.05, 0) is 58.2 Å². The van der Waals surface area contributed by atoms with Crippen molar-refractivity contribution in [2.45, 2.75) is 6.42 Å². The highest BCUT2D eigenvalue weighted by Gasteiger charge is 2.09. The molecule has 0 atom stereocenters. The summed E-state index contributed by atoms with van der Waals surface area (Å²) >= 11 is 6.72. The Kier molecular flexibility index (Phi) is 5.20. The fourth-order valence-electron chi connectivity index (χ4n) is 1.75. The summed E-state index contributed by atoms with van der Waals surface area (Å²) in [6, 6.07) is 12.5. The van der Waals surface area contributed by atoms with Gasteiger partial charge < -0.3 is 10.4 Å². The zero-order valence-corrected chi connectivity index (χ0v) is 13.7. The minimum absolute atomic E-state index is 0.114. The molecule has 2 aromatic carbocycles. The molecule has 0 unspecified atom stereocenters. The highest BCUT2D eigenvalue weighted by atomic mass is 79.9. The van der Waals surface area contributed by atoms with E-state index in [4.69, 9.17) is 0 Å². The van der Waals surface area contributed by atoms with E-state index in [1.165, 1.54) is 0 Å². The molecule has 0 saturated heterocycles. The Morgan fingerprint density at radius 2 is 1.80 bits per heavy atom. The Morgan fingerprint density at radius 1 is 1.10 bits per heavy atom. The molecule has 5 heteroatoms. The molecule has 0 spiro atoms. The van der Waals surface area contributed by atoms with Crippen molar-refractivity contribution < 1.29 is 9.90 Å². The zero-order valence-electron chi connectivity index (χ0n) is 10.6. The molecule has 2 rings (SSSR count). The lowest BCUT2D eigenvalue weighted by molar-refractivity contribution is 0.0953. The number of carbonyl (C=O) groups is 1. The van der Waals surface area contributed by atoms with Gasteiger partial charge in [-0.15, -0.1) is 0 Å². The van der Waals surface area contributed by atoms with Gasteiger partial charge in [-0.3, -0.25) is 4.79 Å². The molecule has 1 amide bonds. The summed E-state index contributed by atoms with van der Waals surface area (Å²) in [5, 5.41) is 12.1. The van der Waals surface area contributed by atoms with Gasteiger partial charge in [0.25, 0.3) is 5.91 Å². The van der Waals surface area contributed by atoms with Gasteiger partial charge in [0, 0.05) is 15.5 Å². The molecule has 3 nitrogen and oxygen atoms in total. The van der Waals surface area contributed by atoms with Crippen LogP contribution < -0.4 is 5.32 Å². The SMILES string of the molecule is O=C(NCCc1ccc(O)cc1)c1cc(Br)ccc1Br. The normalized spacial score (nSPS) is 10.3. The fourth-order valence-corrected chi connectivity index (χ4v) is 2.54. The van der Waals surface area contributed by atoms with E-state index in [-0.39, 0.29) is 11.7 Å². The van der Waals surface area contributed by atoms with Crippen molar-refractivity contribution >= 4 is 37.8 Å². The zero-order chi connectivity index (χ0) is 14.5. The first-order valence-corrected chi connectivity index (χ1v) is 7.66. The van der Waals surface area contributed by atoms with Crippen molar-refractivity contribution in [3.8, 4) is 5.75 Å². The van der Waals surface area contributed by atoms with Crippen LogP contribution in [0.3, 0.4) is 0 Å². The molecule has 0 radical (unpaired) electrons. The van der Waals surface area contributed by atoms with E-state index in [0.717, 1.165) is 20.9 Å². The third-order valence-corrected chi connectivity index (χ3v) is 3.99. The minimum Gasteiger partial charge on any atom is -0.508 e. The molecule has 20 heavy (non-hydrogen) atoms.